The Morgan fingerprint density at radius 2 is 1.55 bits per heavy atom. The molecule has 5 rings (SSSR count). The van der Waals surface area contributed by atoms with Crippen molar-refractivity contribution in [1.82, 2.24) is 9.80 Å². The molecule has 4 aromatic rings. The molecule has 1 saturated heterocycles. The summed E-state index contributed by atoms with van der Waals surface area (Å²) in [5.74, 6) is -0.0953. The summed E-state index contributed by atoms with van der Waals surface area (Å²) in [6.45, 7) is 5.03. The standard InChI is InChI=1S/C37H39N5O5/c1-27-12-14-28(15-13-27)31-8-4-5-9-32(31)36(44)39-30-18-16-29(17-19-30)37(45)41(3)33-10-6-7-11-34(33)46-25-20-38-47-26-35(43)42-23-21-40(2)22-24-42/h4-20H,21-26H2,1-3H3,(H,39,44). The second-order valence-electron chi connectivity index (χ2n) is 11.3. The number of benzene rings is 4. The maximum absolute atomic E-state index is 13.4. The van der Waals surface area contributed by atoms with Crippen molar-refractivity contribution in [3.63, 3.8) is 0 Å². The van der Waals surface area contributed by atoms with Crippen molar-refractivity contribution in [1.29, 1.82) is 0 Å². The Kier molecular flexibility index (Phi) is 11.0. The van der Waals surface area contributed by atoms with Crippen LogP contribution in [0.5, 0.6) is 5.75 Å². The van der Waals surface area contributed by atoms with Crippen LogP contribution in [-0.2, 0) is 9.63 Å². The lowest BCUT2D eigenvalue weighted by Crippen LogP contribution is -2.48. The van der Waals surface area contributed by atoms with Crippen LogP contribution in [0.3, 0.4) is 0 Å². The molecule has 1 fully saturated rings. The van der Waals surface area contributed by atoms with Crippen LogP contribution in [-0.4, -0.2) is 87.2 Å². The van der Waals surface area contributed by atoms with Gasteiger partial charge in [-0.1, -0.05) is 65.3 Å². The van der Waals surface area contributed by atoms with Crippen molar-refractivity contribution >= 4 is 35.3 Å². The van der Waals surface area contributed by atoms with E-state index in [0.717, 1.165) is 29.8 Å². The summed E-state index contributed by atoms with van der Waals surface area (Å²) in [6, 6.07) is 29.5. The van der Waals surface area contributed by atoms with Gasteiger partial charge in [-0.15, -0.1) is 0 Å². The van der Waals surface area contributed by atoms with E-state index in [1.165, 1.54) is 11.1 Å². The number of carbonyl (C=O) groups is 3. The zero-order chi connectivity index (χ0) is 33.2. The third kappa shape index (κ3) is 8.62. The number of aryl methyl sites for hydroxylation is 1. The molecule has 0 bridgehead atoms. The van der Waals surface area contributed by atoms with E-state index >= 15 is 0 Å². The number of para-hydroxylation sites is 2. The molecule has 10 nitrogen and oxygen atoms in total. The van der Waals surface area contributed by atoms with E-state index < -0.39 is 0 Å². The van der Waals surface area contributed by atoms with E-state index in [9.17, 15) is 14.4 Å². The zero-order valence-electron chi connectivity index (χ0n) is 26.9. The number of anilines is 2. The fourth-order valence-electron chi connectivity index (χ4n) is 5.17. The summed E-state index contributed by atoms with van der Waals surface area (Å²) in [4.78, 5) is 49.5. The number of ether oxygens (including phenoxy) is 1. The van der Waals surface area contributed by atoms with Crippen molar-refractivity contribution in [2.24, 2.45) is 5.16 Å². The van der Waals surface area contributed by atoms with Gasteiger partial charge < -0.3 is 29.6 Å². The summed E-state index contributed by atoms with van der Waals surface area (Å²) in [6.07, 6.45) is 1.43. The fourth-order valence-corrected chi connectivity index (χ4v) is 5.17. The molecule has 1 aliphatic heterocycles. The van der Waals surface area contributed by atoms with Crippen molar-refractivity contribution in [3.05, 3.63) is 114 Å². The summed E-state index contributed by atoms with van der Waals surface area (Å²) >= 11 is 0. The highest BCUT2D eigenvalue weighted by Gasteiger charge is 2.20. The van der Waals surface area contributed by atoms with Crippen LogP contribution in [0.2, 0.25) is 0 Å². The lowest BCUT2D eigenvalue weighted by Gasteiger charge is -2.31. The van der Waals surface area contributed by atoms with E-state index in [2.05, 4.69) is 15.4 Å². The normalized spacial score (nSPS) is 13.3. The molecule has 0 unspecified atom stereocenters. The fraction of sp³-hybridized carbons (Fsp3) is 0.243. The second kappa shape index (κ2) is 15.7. The Morgan fingerprint density at radius 3 is 2.30 bits per heavy atom. The van der Waals surface area contributed by atoms with Crippen molar-refractivity contribution in [2.45, 2.75) is 6.92 Å². The van der Waals surface area contributed by atoms with Gasteiger partial charge in [-0.25, -0.2) is 0 Å². The highest BCUT2D eigenvalue weighted by molar-refractivity contribution is 6.09. The first-order valence-corrected chi connectivity index (χ1v) is 15.5. The Morgan fingerprint density at radius 1 is 0.872 bits per heavy atom. The first-order valence-electron chi connectivity index (χ1n) is 15.5. The van der Waals surface area contributed by atoms with Gasteiger partial charge in [0.2, 0.25) is 0 Å². The molecule has 0 aliphatic carbocycles. The number of nitrogens with zero attached hydrogens (tertiary/aromatic N) is 4. The molecule has 0 atom stereocenters. The molecule has 0 spiro atoms. The quantitative estimate of drug-likeness (QED) is 0.177. The third-order valence-corrected chi connectivity index (χ3v) is 7.96. The minimum Gasteiger partial charge on any atom is -0.486 e. The molecule has 1 heterocycles. The minimum atomic E-state index is -0.247. The van der Waals surface area contributed by atoms with Crippen molar-refractivity contribution in [3.8, 4) is 16.9 Å². The molecule has 4 aromatic carbocycles. The topological polar surface area (TPSA) is 104 Å². The van der Waals surface area contributed by atoms with Crippen molar-refractivity contribution < 1.29 is 24.0 Å². The molecule has 1 aliphatic rings. The van der Waals surface area contributed by atoms with E-state index in [1.54, 1.807) is 54.4 Å². The number of oxime groups is 1. The predicted octanol–water partition coefficient (Wildman–Crippen LogP) is 5.35. The van der Waals surface area contributed by atoms with Crippen LogP contribution < -0.4 is 15.0 Å². The monoisotopic (exact) mass is 633 g/mol. The van der Waals surface area contributed by atoms with Gasteiger partial charge in [0.25, 0.3) is 17.7 Å². The number of nitrogens with one attached hydrogen (secondary N) is 1. The van der Waals surface area contributed by atoms with Crippen molar-refractivity contribution in [2.75, 3.05) is 63.7 Å². The first kappa shape index (κ1) is 32.9. The average molecular weight is 634 g/mol. The highest BCUT2D eigenvalue weighted by Crippen LogP contribution is 2.29. The molecule has 3 amide bonds. The van der Waals surface area contributed by atoms with E-state index in [1.807, 2.05) is 68.6 Å². The predicted molar refractivity (Wildman–Crippen MR) is 184 cm³/mol. The third-order valence-electron chi connectivity index (χ3n) is 7.96. The summed E-state index contributed by atoms with van der Waals surface area (Å²) < 4.78 is 5.86. The maximum atomic E-state index is 13.4. The smallest absolute Gasteiger partial charge is 0.263 e. The Labute approximate surface area is 275 Å². The van der Waals surface area contributed by atoms with Gasteiger partial charge in [0, 0.05) is 50.0 Å². The molecular weight excluding hydrogens is 594 g/mol. The summed E-state index contributed by atoms with van der Waals surface area (Å²) in [5, 5.41) is 6.79. The minimum absolute atomic E-state index is 0.0865. The number of hydrogen-bond donors (Lipinski definition) is 1. The van der Waals surface area contributed by atoms with Crippen LogP contribution in [0, 0.1) is 6.92 Å². The lowest BCUT2D eigenvalue weighted by atomic mass is 9.98. The van der Waals surface area contributed by atoms with E-state index in [-0.39, 0.29) is 30.9 Å². The van der Waals surface area contributed by atoms with Gasteiger partial charge >= 0.3 is 0 Å². The molecule has 10 heteroatoms. The van der Waals surface area contributed by atoms with E-state index in [0.29, 0.717) is 41.3 Å². The Balaban J connectivity index is 1.15. The SMILES string of the molecule is Cc1ccc(-c2ccccc2C(=O)Nc2ccc(C(=O)N(C)c3ccccc3OCC=NOCC(=O)N3CCN(C)CC3)cc2)cc1. The molecule has 242 valence electrons. The summed E-state index contributed by atoms with van der Waals surface area (Å²) in [5.41, 5.74) is 5.10. The molecular formula is C37H39N5O5. The molecule has 0 saturated carbocycles. The maximum Gasteiger partial charge on any atom is 0.263 e. The Hall–Kier alpha value is -5.48. The van der Waals surface area contributed by atoms with Crippen LogP contribution in [0.25, 0.3) is 11.1 Å². The number of amides is 3. The highest BCUT2D eigenvalue weighted by atomic mass is 16.6. The molecule has 0 radical (unpaired) electrons. The van der Waals surface area contributed by atoms with Crippen LogP contribution in [0.4, 0.5) is 11.4 Å². The van der Waals surface area contributed by atoms with Crippen LogP contribution >= 0.6 is 0 Å². The second-order valence-corrected chi connectivity index (χ2v) is 11.3. The average Bonchev–Trinajstić information content (AvgIpc) is 3.10. The van der Waals surface area contributed by atoms with Gasteiger partial charge in [0.05, 0.1) is 11.9 Å². The van der Waals surface area contributed by atoms with Gasteiger partial charge in [-0.3, -0.25) is 14.4 Å². The van der Waals surface area contributed by atoms with Gasteiger partial charge in [0.1, 0.15) is 12.4 Å². The molecule has 47 heavy (non-hydrogen) atoms. The van der Waals surface area contributed by atoms with Gasteiger partial charge in [-0.05, 0) is 67.6 Å². The zero-order valence-corrected chi connectivity index (χ0v) is 26.9. The number of hydrogen-bond acceptors (Lipinski definition) is 7. The van der Waals surface area contributed by atoms with Crippen LogP contribution in [0.1, 0.15) is 26.3 Å². The van der Waals surface area contributed by atoms with E-state index in [4.69, 9.17) is 9.57 Å². The molecule has 1 N–H and O–H groups in total. The van der Waals surface area contributed by atoms with Gasteiger partial charge in [0.15, 0.2) is 6.61 Å². The number of likely N-dealkylation sites (N-methyl/N-ethyl adjacent to an activating group) is 1. The number of rotatable bonds is 11. The number of carbonyl (C=O) groups excluding carboxylic acids is 3. The largest absolute Gasteiger partial charge is 0.486 e. The lowest BCUT2D eigenvalue weighted by molar-refractivity contribution is -0.137. The molecule has 0 aromatic heterocycles. The first-order chi connectivity index (χ1) is 22.8. The number of piperazine rings is 1. The Bertz CT molecular complexity index is 1710. The van der Waals surface area contributed by atoms with Crippen LogP contribution in [0.15, 0.2) is 102 Å². The summed E-state index contributed by atoms with van der Waals surface area (Å²) in [7, 11) is 3.70. The van der Waals surface area contributed by atoms with Gasteiger partial charge in [-0.2, -0.15) is 0 Å².